The zero-order valence-corrected chi connectivity index (χ0v) is 12.2. The van der Waals surface area contributed by atoms with Crippen LogP contribution in [0.25, 0.3) is 0 Å². The molecule has 0 aromatic heterocycles. The molecule has 4 heteroatoms. The minimum Gasteiger partial charge on any atom is -0.369 e. The highest BCUT2D eigenvalue weighted by atomic mass is 79.9. The highest BCUT2D eigenvalue weighted by Crippen LogP contribution is 2.43. The van der Waals surface area contributed by atoms with E-state index in [9.17, 15) is 0 Å². The molecule has 2 N–H and O–H groups in total. The molecule has 1 heterocycles. The van der Waals surface area contributed by atoms with Crippen molar-refractivity contribution in [2.45, 2.75) is 31.7 Å². The Morgan fingerprint density at radius 2 is 2.33 bits per heavy atom. The fourth-order valence-electron chi connectivity index (χ4n) is 3.35. The summed E-state index contributed by atoms with van der Waals surface area (Å²) in [6.07, 6.45) is 3.64. The lowest BCUT2D eigenvalue weighted by Gasteiger charge is -2.36. The number of hydrogen-bond donors (Lipinski definition) is 1. The van der Waals surface area contributed by atoms with Crippen LogP contribution in [0, 0.1) is 5.92 Å². The molecular weight excluding hydrogens is 290 g/mol. The highest BCUT2D eigenvalue weighted by molar-refractivity contribution is 9.10. The summed E-state index contributed by atoms with van der Waals surface area (Å²) < 4.78 is 1.08. The van der Waals surface area contributed by atoms with Gasteiger partial charge in [-0.15, -0.1) is 0 Å². The molecule has 1 saturated carbocycles. The summed E-state index contributed by atoms with van der Waals surface area (Å²) in [5.74, 6) is 1.43. The van der Waals surface area contributed by atoms with Crippen molar-refractivity contribution < 1.29 is 0 Å². The lowest BCUT2D eigenvalue weighted by atomic mass is 9.94. The Labute approximate surface area is 116 Å². The smallest absolute Gasteiger partial charge is 0.196 e. The Kier molecular flexibility index (Phi) is 2.85. The van der Waals surface area contributed by atoms with E-state index in [0.29, 0.717) is 5.96 Å². The predicted molar refractivity (Wildman–Crippen MR) is 78.9 cm³/mol. The molecule has 1 aliphatic carbocycles. The molecule has 0 amide bonds. The van der Waals surface area contributed by atoms with Crippen molar-refractivity contribution in [1.82, 2.24) is 0 Å². The van der Waals surface area contributed by atoms with Gasteiger partial charge in [0.2, 0.25) is 0 Å². The van der Waals surface area contributed by atoms with Gasteiger partial charge in [0.15, 0.2) is 5.96 Å². The zero-order chi connectivity index (χ0) is 12.8. The van der Waals surface area contributed by atoms with Crippen LogP contribution in [0.3, 0.4) is 0 Å². The van der Waals surface area contributed by atoms with Crippen LogP contribution in [0.1, 0.15) is 26.2 Å². The predicted octanol–water partition coefficient (Wildman–Crippen LogP) is 3.14. The molecule has 18 heavy (non-hydrogen) atoms. The fourth-order valence-corrected chi connectivity index (χ4v) is 3.74. The van der Waals surface area contributed by atoms with Crippen molar-refractivity contribution in [2.24, 2.45) is 16.6 Å². The third-order valence-electron chi connectivity index (χ3n) is 4.14. The first kappa shape index (κ1) is 12.0. The molecule has 2 atom stereocenters. The van der Waals surface area contributed by atoms with Crippen molar-refractivity contribution in [3.8, 4) is 0 Å². The van der Waals surface area contributed by atoms with Gasteiger partial charge in [-0.1, -0.05) is 28.9 Å². The zero-order valence-electron chi connectivity index (χ0n) is 10.6. The Bertz CT molecular complexity index is 500. The largest absolute Gasteiger partial charge is 0.369 e. The van der Waals surface area contributed by atoms with Gasteiger partial charge in [0.1, 0.15) is 0 Å². The summed E-state index contributed by atoms with van der Waals surface area (Å²) in [6.45, 7) is 3.16. The van der Waals surface area contributed by atoms with E-state index in [4.69, 9.17) is 5.73 Å². The van der Waals surface area contributed by atoms with E-state index in [0.717, 1.165) is 22.6 Å². The van der Waals surface area contributed by atoms with Crippen molar-refractivity contribution in [3.05, 3.63) is 28.7 Å². The maximum Gasteiger partial charge on any atom is 0.196 e. The average Bonchev–Trinajstić information content (AvgIpc) is 2.84. The summed E-state index contributed by atoms with van der Waals surface area (Å²) in [5, 5.41) is 0. The van der Waals surface area contributed by atoms with Crippen molar-refractivity contribution in [2.75, 3.05) is 11.4 Å². The Morgan fingerprint density at radius 3 is 3.00 bits per heavy atom. The van der Waals surface area contributed by atoms with Crippen LogP contribution in [0.4, 0.5) is 5.69 Å². The molecule has 0 radical (unpaired) electrons. The standard InChI is InChI=1S/C14H18BrN3/c1-10-5-6-14(8-10)9-17-13(16)18(14)12-4-2-3-11(15)7-12/h2-4,7,10H,5-6,8-9H2,1H3,(H2,16,17). The first-order valence-electron chi connectivity index (χ1n) is 6.46. The minimum absolute atomic E-state index is 0.129. The number of hydrogen-bond acceptors (Lipinski definition) is 3. The third kappa shape index (κ3) is 1.83. The number of guanidine groups is 1. The van der Waals surface area contributed by atoms with E-state index >= 15 is 0 Å². The van der Waals surface area contributed by atoms with Crippen LogP contribution < -0.4 is 10.6 Å². The van der Waals surface area contributed by atoms with E-state index in [2.05, 4.69) is 50.9 Å². The topological polar surface area (TPSA) is 41.6 Å². The summed E-state index contributed by atoms with van der Waals surface area (Å²) in [6, 6.07) is 8.33. The van der Waals surface area contributed by atoms with Gasteiger partial charge in [-0.25, -0.2) is 0 Å². The van der Waals surface area contributed by atoms with Gasteiger partial charge < -0.3 is 10.6 Å². The maximum absolute atomic E-state index is 6.12. The number of benzene rings is 1. The Morgan fingerprint density at radius 1 is 1.50 bits per heavy atom. The van der Waals surface area contributed by atoms with Gasteiger partial charge in [0.05, 0.1) is 12.1 Å². The van der Waals surface area contributed by atoms with Gasteiger partial charge in [-0.3, -0.25) is 4.99 Å². The van der Waals surface area contributed by atoms with Crippen molar-refractivity contribution >= 4 is 27.6 Å². The second-order valence-electron chi connectivity index (χ2n) is 5.56. The SMILES string of the molecule is CC1CCC2(CN=C(N)N2c2cccc(Br)c2)C1. The minimum atomic E-state index is 0.129. The maximum atomic E-state index is 6.12. The first-order valence-corrected chi connectivity index (χ1v) is 7.26. The van der Waals surface area contributed by atoms with Gasteiger partial charge in [-0.05, 0) is 43.4 Å². The van der Waals surface area contributed by atoms with Crippen LogP contribution in [-0.4, -0.2) is 18.0 Å². The molecule has 1 spiro atoms. The molecule has 96 valence electrons. The average molecular weight is 308 g/mol. The van der Waals surface area contributed by atoms with Crippen LogP contribution in [0.5, 0.6) is 0 Å². The quantitative estimate of drug-likeness (QED) is 0.866. The van der Waals surface area contributed by atoms with Crippen LogP contribution in [-0.2, 0) is 0 Å². The summed E-state index contributed by atoms with van der Waals surface area (Å²) in [4.78, 5) is 6.75. The summed E-state index contributed by atoms with van der Waals surface area (Å²) >= 11 is 3.53. The second kappa shape index (κ2) is 4.26. The Balaban J connectivity index is 2.00. The van der Waals surface area contributed by atoms with Crippen molar-refractivity contribution in [3.63, 3.8) is 0 Å². The molecule has 3 rings (SSSR count). The number of halogens is 1. The molecular formula is C14H18BrN3. The third-order valence-corrected chi connectivity index (χ3v) is 4.63. The van der Waals surface area contributed by atoms with Crippen LogP contribution in [0.15, 0.2) is 33.7 Å². The monoisotopic (exact) mass is 307 g/mol. The summed E-state index contributed by atoms with van der Waals surface area (Å²) in [7, 11) is 0. The number of nitrogens with two attached hydrogens (primary N) is 1. The number of nitrogens with zero attached hydrogens (tertiary/aromatic N) is 2. The second-order valence-corrected chi connectivity index (χ2v) is 6.48. The first-order chi connectivity index (χ1) is 8.61. The van der Waals surface area contributed by atoms with Gasteiger partial charge in [0, 0.05) is 10.2 Å². The lowest BCUT2D eigenvalue weighted by molar-refractivity contribution is 0.452. The van der Waals surface area contributed by atoms with E-state index in [1.165, 1.54) is 19.3 Å². The van der Waals surface area contributed by atoms with E-state index in [1.807, 2.05) is 6.07 Å². The molecule has 1 fully saturated rings. The normalized spacial score (nSPS) is 31.1. The molecule has 0 bridgehead atoms. The van der Waals surface area contributed by atoms with Gasteiger partial charge in [-0.2, -0.15) is 0 Å². The molecule has 2 aliphatic rings. The van der Waals surface area contributed by atoms with Crippen LogP contribution in [0.2, 0.25) is 0 Å². The van der Waals surface area contributed by atoms with E-state index in [1.54, 1.807) is 0 Å². The number of aliphatic imine (C=N–C) groups is 1. The molecule has 2 unspecified atom stereocenters. The van der Waals surface area contributed by atoms with Gasteiger partial charge >= 0.3 is 0 Å². The lowest BCUT2D eigenvalue weighted by Crippen LogP contribution is -2.50. The van der Waals surface area contributed by atoms with E-state index in [-0.39, 0.29) is 5.54 Å². The highest BCUT2D eigenvalue weighted by Gasteiger charge is 2.47. The van der Waals surface area contributed by atoms with Crippen molar-refractivity contribution in [1.29, 1.82) is 0 Å². The molecule has 1 aromatic carbocycles. The molecule has 0 saturated heterocycles. The van der Waals surface area contributed by atoms with Crippen LogP contribution >= 0.6 is 15.9 Å². The molecule has 3 nitrogen and oxygen atoms in total. The molecule has 1 aliphatic heterocycles. The van der Waals surface area contributed by atoms with Gasteiger partial charge in [0.25, 0.3) is 0 Å². The fraction of sp³-hybridized carbons (Fsp3) is 0.500. The molecule has 1 aromatic rings. The summed E-state index contributed by atoms with van der Waals surface area (Å²) in [5.41, 5.74) is 7.40. The van der Waals surface area contributed by atoms with E-state index < -0.39 is 0 Å². The Hall–Kier alpha value is -1.03. The number of anilines is 1. The number of rotatable bonds is 1.